The minimum absolute atomic E-state index is 0.0839. The van der Waals surface area contributed by atoms with Gasteiger partial charge in [0.25, 0.3) is 5.91 Å². The highest BCUT2D eigenvalue weighted by Gasteiger charge is 2.23. The van der Waals surface area contributed by atoms with Gasteiger partial charge in [0.05, 0.1) is 5.69 Å². The third-order valence-electron chi connectivity index (χ3n) is 4.62. The number of ether oxygens (including phenoxy) is 1. The Morgan fingerprint density at radius 2 is 1.70 bits per heavy atom. The smallest absolute Gasteiger partial charge is 0.412 e. The van der Waals surface area contributed by atoms with E-state index in [1.54, 1.807) is 25.1 Å². The molecule has 0 bridgehead atoms. The standard InChI is InChI=1S/C23H22N2O5/c1-15(9-14-21(27)25-29)22(17-10-12-18(26)13-11-17)30-23(28)24-20-8-4-6-16-5-2-3-7-19(16)20/h2-15,22,26,29H,1H3,(H,24,28)(H,25,27)/b14-9+/t15-,22-/m1/s1. The number of nitrogens with one attached hydrogen (secondary N) is 2. The Balaban J connectivity index is 1.82. The number of phenolic OH excluding ortho intramolecular Hbond substituents is 1. The molecule has 2 amide bonds. The number of amides is 2. The first-order valence-corrected chi connectivity index (χ1v) is 9.34. The molecule has 0 heterocycles. The van der Waals surface area contributed by atoms with Gasteiger partial charge in [0.1, 0.15) is 11.9 Å². The zero-order chi connectivity index (χ0) is 21.5. The Morgan fingerprint density at radius 3 is 2.43 bits per heavy atom. The van der Waals surface area contributed by atoms with Crippen molar-refractivity contribution in [1.82, 2.24) is 5.48 Å². The van der Waals surface area contributed by atoms with Crippen molar-refractivity contribution in [3.63, 3.8) is 0 Å². The SMILES string of the molecule is C[C@H](/C=C/C(=O)NO)[C@@H](OC(=O)Nc1cccc2ccccc12)c1ccc(O)cc1. The molecule has 0 saturated carbocycles. The molecule has 0 spiro atoms. The van der Waals surface area contributed by atoms with Crippen LogP contribution >= 0.6 is 0 Å². The van der Waals surface area contributed by atoms with Crippen molar-refractivity contribution in [2.45, 2.75) is 13.0 Å². The lowest BCUT2D eigenvalue weighted by molar-refractivity contribution is -0.124. The van der Waals surface area contributed by atoms with Crippen LogP contribution < -0.4 is 10.8 Å². The van der Waals surface area contributed by atoms with Crippen LogP contribution in [-0.4, -0.2) is 22.3 Å². The number of hydrogen-bond acceptors (Lipinski definition) is 5. The summed E-state index contributed by atoms with van der Waals surface area (Å²) < 4.78 is 5.68. The molecule has 7 nitrogen and oxygen atoms in total. The van der Waals surface area contributed by atoms with E-state index in [1.807, 2.05) is 36.4 Å². The topological polar surface area (TPSA) is 108 Å². The van der Waals surface area contributed by atoms with Crippen molar-refractivity contribution in [2.24, 2.45) is 5.92 Å². The van der Waals surface area contributed by atoms with Crippen molar-refractivity contribution >= 4 is 28.5 Å². The molecule has 0 fully saturated rings. The number of hydrogen-bond donors (Lipinski definition) is 4. The summed E-state index contributed by atoms with van der Waals surface area (Å²) in [4.78, 5) is 24.0. The minimum atomic E-state index is -0.733. The number of fused-ring (bicyclic) bond motifs is 1. The third-order valence-corrected chi connectivity index (χ3v) is 4.62. The van der Waals surface area contributed by atoms with E-state index < -0.39 is 24.0 Å². The molecule has 154 valence electrons. The summed E-state index contributed by atoms with van der Waals surface area (Å²) in [7, 11) is 0. The van der Waals surface area contributed by atoms with Gasteiger partial charge in [-0.15, -0.1) is 0 Å². The van der Waals surface area contributed by atoms with Gasteiger partial charge in [-0.3, -0.25) is 15.3 Å². The quantitative estimate of drug-likeness (QED) is 0.273. The number of aromatic hydroxyl groups is 1. The summed E-state index contributed by atoms with van der Waals surface area (Å²) in [6.07, 6.45) is 1.29. The Labute approximate surface area is 173 Å². The summed E-state index contributed by atoms with van der Waals surface area (Å²) in [6.45, 7) is 1.77. The second kappa shape index (κ2) is 9.58. The molecule has 0 radical (unpaired) electrons. The molecular formula is C23H22N2O5. The summed E-state index contributed by atoms with van der Waals surface area (Å²) in [5.41, 5.74) is 2.78. The average Bonchev–Trinajstić information content (AvgIpc) is 2.76. The number of benzene rings is 3. The maximum absolute atomic E-state index is 12.7. The molecule has 0 aromatic heterocycles. The second-order valence-electron chi connectivity index (χ2n) is 6.76. The van der Waals surface area contributed by atoms with Crippen molar-refractivity contribution in [3.05, 3.63) is 84.4 Å². The molecule has 3 aromatic rings. The zero-order valence-corrected chi connectivity index (χ0v) is 16.3. The number of carbonyl (C=O) groups excluding carboxylic acids is 2. The first-order chi connectivity index (χ1) is 14.5. The van der Waals surface area contributed by atoms with E-state index >= 15 is 0 Å². The highest BCUT2D eigenvalue weighted by atomic mass is 16.6. The van der Waals surface area contributed by atoms with E-state index in [2.05, 4.69) is 5.32 Å². The fourth-order valence-corrected chi connectivity index (χ4v) is 3.11. The predicted molar refractivity (Wildman–Crippen MR) is 113 cm³/mol. The number of anilines is 1. The Morgan fingerprint density at radius 1 is 1.00 bits per heavy atom. The molecule has 3 aromatic carbocycles. The third kappa shape index (κ3) is 5.15. The maximum Gasteiger partial charge on any atom is 0.412 e. The largest absolute Gasteiger partial charge is 0.508 e. The van der Waals surface area contributed by atoms with E-state index in [0.29, 0.717) is 11.3 Å². The van der Waals surface area contributed by atoms with Crippen molar-refractivity contribution in [2.75, 3.05) is 5.32 Å². The molecule has 7 heteroatoms. The van der Waals surface area contributed by atoms with Gasteiger partial charge in [-0.25, -0.2) is 10.3 Å². The number of phenols is 1. The molecule has 0 unspecified atom stereocenters. The van der Waals surface area contributed by atoms with Crippen LogP contribution in [0.4, 0.5) is 10.5 Å². The minimum Gasteiger partial charge on any atom is -0.508 e. The Hall–Kier alpha value is -3.84. The summed E-state index contributed by atoms with van der Waals surface area (Å²) >= 11 is 0. The summed E-state index contributed by atoms with van der Waals surface area (Å²) in [5, 5.41) is 22.8. The average molecular weight is 406 g/mol. The zero-order valence-electron chi connectivity index (χ0n) is 16.3. The summed E-state index contributed by atoms with van der Waals surface area (Å²) in [6, 6.07) is 19.5. The van der Waals surface area contributed by atoms with Crippen LogP contribution in [0.25, 0.3) is 10.8 Å². The highest BCUT2D eigenvalue weighted by Crippen LogP contribution is 2.30. The van der Waals surface area contributed by atoms with Crippen LogP contribution in [0, 0.1) is 5.92 Å². The van der Waals surface area contributed by atoms with E-state index in [4.69, 9.17) is 9.94 Å². The van der Waals surface area contributed by atoms with Crippen LogP contribution in [0.2, 0.25) is 0 Å². The van der Waals surface area contributed by atoms with Gasteiger partial charge < -0.3 is 9.84 Å². The van der Waals surface area contributed by atoms with Crippen molar-refractivity contribution < 1.29 is 24.6 Å². The Bertz CT molecular complexity index is 1060. The van der Waals surface area contributed by atoms with Gasteiger partial charge in [0, 0.05) is 17.4 Å². The molecule has 0 aliphatic rings. The summed E-state index contributed by atoms with van der Waals surface area (Å²) in [5.74, 6) is -1.00. The van der Waals surface area contributed by atoms with Crippen LogP contribution in [0.15, 0.2) is 78.9 Å². The lowest BCUT2D eigenvalue weighted by Crippen LogP contribution is -2.22. The van der Waals surface area contributed by atoms with Gasteiger partial charge in [-0.1, -0.05) is 61.5 Å². The lowest BCUT2D eigenvalue weighted by Gasteiger charge is -2.23. The van der Waals surface area contributed by atoms with Crippen molar-refractivity contribution in [1.29, 1.82) is 0 Å². The van der Waals surface area contributed by atoms with E-state index in [1.165, 1.54) is 23.7 Å². The first kappa shape index (κ1) is 20.9. The molecule has 0 aliphatic heterocycles. The van der Waals surface area contributed by atoms with Crippen LogP contribution in [0.1, 0.15) is 18.6 Å². The van der Waals surface area contributed by atoms with Crippen LogP contribution in [0.5, 0.6) is 5.75 Å². The number of carbonyl (C=O) groups is 2. The van der Waals surface area contributed by atoms with Gasteiger partial charge in [0.15, 0.2) is 0 Å². The van der Waals surface area contributed by atoms with Gasteiger partial charge in [0.2, 0.25) is 0 Å². The lowest BCUT2D eigenvalue weighted by atomic mass is 9.96. The fourth-order valence-electron chi connectivity index (χ4n) is 3.11. The van der Waals surface area contributed by atoms with E-state index in [0.717, 1.165) is 16.8 Å². The molecule has 0 aliphatic carbocycles. The molecule has 30 heavy (non-hydrogen) atoms. The van der Waals surface area contributed by atoms with E-state index in [-0.39, 0.29) is 5.75 Å². The predicted octanol–water partition coefficient (Wildman–Crippen LogP) is 4.53. The van der Waals surface area contributed by atoms with Gasteiger partial charge >= 0.3 is 6.09 Å². The number of hydroxylamine groups is 1. The molecule has 0 saturated heterocycles. The number of rotatable bonds is 6. The first-order valence-electron chi connectivity index (χ1n) is 9.34. The van der Waals surface area contributed by atoms with Crippen LogP contribution in [0.3, 0.4) is 0 Å². The fraction of sp³-hybridized carbons (Fsp3) is 0.130. The van der Waals surface area contributed by atoms with Gasteiger partial charge in [-0.2, -0.15) is 0 Å². The van der Waals surface area contributed by atoms with Gasteiger partial charge in [-0.05, 0) is 29.1 Å². The Kier molecular flexibility index (Phi) is 6.67. The molecular weight excluding hydrogens is 384 g/mol. The maximum atomic E-state index is 12.7. The van der Waals surface area contributed by atoms with Crippen molar-refractivity contribution in [3.8, 4) is 5.75 Å². The highest BCUT2D eigenvalue weighted by molar-refractivity contribution is 6.00. The molecule has 4 N–H and O–H groups in total. The van der Waals surface area contributed by atoms with Crippen LogP contribution in [-0.2, 0) is 9.53 Å². The monoisotopic (exact) mass is 406 g/mol. The molecule has 3 rings (SSSR count). The molecule has 2 atom stereocenters. The van der Waals surface area contributed by atoms with E-state index in [9.17, 15) is 14.7 Å². The normalized spacial score (nSPS) is 13.0. The second-order valence-corrected chi connectivity index (χ2v) is 6.76.